The molecule has 26 heavy (non-hydrogen) atoms. The lowest BCUT2D eigenvalue weighted by Crippen LogP contribution is -2.50. The van der Waals surface area contributed by atoms with Crippen molar-refractivity contribution in [2.75, 3.05) is 19.7 Å². The molecular weight excluding hydrogens is 326 g/mol. The number of aromatic nitrogens is 1. The summed E-state index contributed by atoms with van der Waals surface area (Å²) in [5.41, 5.74) is 2.24. The number of amides is 1. The van der Waals surface area contributed by atoms with Crippen LogP contribution in [0.4, 0.5) is 0 Å². The third-order valence-corrected chi connectivity index (χ3v) is 6.16. The number of hydrogen-bond donors (Lipinski definition) is 1. The first-order valence-corrected chi connectivity index (χ1v) is 10.1. The van der Waals surface area contributed by atoms with Crippen LogP contribution in [-0.4, -0.2) is 47.6 Å². The molecule has 1 aromatic heterocycles. The van der Waals surface area contributed by atoms with Gasteiger partial charge in [0.15, 0.2) is 0 Å². The van der Waals surface area contributed by atoms with Crippen LogP contribution in [0.1, 0.15) is 44.0 Å². The van der Waals surface area contributed by atoms with E-state index in [4.69, 9.17) is 4.74 Å². The minimum absolute atomic E-state index is 0.0623. The number of hydrogen-bond acceptors (Lipinski definition) is 4. The summed E-state index contributed by atoms with van der Waals surface area (Å²) in [6.45, 7) is 7.69. The smallest absolute Gasteiger partial charge is 0.217 e. The Morgan fingerprint density at radius 3 is 2.73 bits per heavy atom. The summed E-state index contributed by atoms with van der Waals surface area (Å²) in [5.74, 6) is 2.15. The van der Waals surface area contributed by atoms with Crippen molar-refractivity contribution < 1.29 is 9.53 Å². The van der Waals surface area contributed by atoms with E-state index in [-0.39, 0.29) is 18.1 Å². The number of carbonyl (C=O) groups excluding carboxylic acids is 1. The highest BCUT2D eigenvalue weighted by Crippen LogP contribution is 2.39. The monoisotopic (exact) mass is 357 g/mol. The summed E-state index contributed by atoms with van der Waals surface area (Å²) in [4.78, 5) is 18.8. The van der Waals surface area contributed by atoms with E-state index >= 15 is 0 Å². The minimum atomic E-state index is 0.0623. The van der Waals surface area contributed by atoms with Gasteiger partial charge in [-0.1, -0.05) is 6.07 Å². The van der Waals surface area contributed by atoms with Crippen molar-refractivity contribution in [1.29, 1.82) is 0 Å². The first kappa shape index (κ1) is 17.9. The SMILES string of the molecule is CC(=O)N[C@@H]1C[C@@H]2CN(Cc3cccc(C)n3)C[C@@H]2C[C@H]1OCC1CC1. The predicted octanol–water partition coefficient (Wildman–Crippen LogP) is 2.53. The molecule has 0 unspecified atom stereocenters. The molecule has 0 aromatic carbocycles. The van der Waals surface area contributed by atoms with Crippen LogP contribution in [0, 0.1) is 24.7 Å². The quantitative estimate of drug-likeness (QED) is 0.850. The molecule has 1 aliphatic heterocycles. The zero-order valence-corrected chi connectivity index (χ0v) is 16.0. The summed E-state index contributed by atoms with van der Waals surface area (Å²) < 4.78 is 6.25. The molecule has 1 saturated heterocycles. The molecule has 5 heteroatoms. The van der Waals surface area contributed by atoms with Gasteiger partial charge in [0.1, 0.15) is 0 Å². The van der Waals surface area contributed by atoms with Crippen LogP contribution in [0.25, 0.3) is 0 Å². The molecule has 2 saturated carbocycles. The number of aryl methyl sites for hydroxylation is 1. The van der Waals surface area contributed by atoms with Crippen LogP contribution in [0.15, 0.2) is 18.2 Å². The van der Waals surface area contributed by atoms with Crippen molar-refractivity contribution in [3.05, 3.63) is 29.6 Å². The van der Waals surface area contributed by atoms with Gasteiger partial charge in [-0.25, -0.2) is 0 Å². The van der Waals surface area contributed by atoms with Crippen LogP contribution in [0.2, 0.25) is 0 Å². The van der Waals surface area contributed by atoms with Gasteiger partial charge in [-0.3, -0.25) is 14.7 Å². The Bertz CT molecular complexity index is 646. The summed E-state index contributed by atoms with van der Waals surface area (Å²) in [5, 5.41) is 3.17. The second-order valence-electron chi connectivity index (χ2n) is 8.58. The van der Waals surface area contributed by atoms with E-state index in [0.717, 1.165) is 56.4 Å². The lowest BCUT2D eigenvalue weighted by molar-refractivity contribution is -0.122. The largest absolute Gasteiger partial charge is 0.376 e. The molecule has 2 aliphatic carbocycles. The average Bonchev–Trinajstić information content (AvgIpc) is 3.32. The molecular formula is C21H31N3O2. The third-order valence-electron chi connectivity index (χ3n) is 6.16. The molecule has 1 amide bonds. The lowest BCUT2D eigenvalue weighted by Gasteiger charge is -2.38. The molecule has 2 heterocycles. The van der Waals surface area contributed by atoms with E-state index in [9.17, 15) is 4.79 Å². The van der Waals surface area contributed by atoms with Crippen molar-refractivity contribution in [2.45, 2.75) is 58.2 Å². The fraction of sp³-hybridized carbons (Fsp3) is 0.714. The molecule has 142 valence electrons. The Morgan fingerprint density at radius 2 is 2.04 bits per heavy atom. The zero-order valence-electron chi connectivity index (χ0n) is 16.0. The maximum Gasteiger partial charge on any atom is 0.217 e. The highest BCUT2D eigenvalue weighted by Gasteiger charge is 2.43. The molecule has 4 rings (SSSR count). The van der Waals surface area contributed by atoms with Gasteiger partial charge >= 0.3 is 0 Å². The summed E-state index contributed by atoms with van der Waals surface area (Å²) >= 11 is 0. The number of ether oxygens (including phenoxy) is 1. The maximum absolute atomic E-state index is 11.7. The van der Waals surface area contributed by atoms with Gasteiger partial charge in [0.2, 0.25) is 5.91 Å². The first-order chi connectivity index (χ1) is 12.6. The second kappa shape index (κ2) is 7.65. The van der Waals surface area contributed by atoms with E-state index in [1.54, 1.807) is 6.92 Å². The molecule has 1 aromatic rings. The van der Waals surface area contributed by atoms with Crippen LogP contribution in [0.5, 0.6) is 0 Å². The maximum atomic E-state index is 11.7. The number of nitrogens with one attached hydrogen (secondary N) is 1. The van der Waals surface area contributed by atoms with Gasteiger partial charge in [-0.15, -0.1) is 0 Å². The predicted molar refractivity (Wildman–Crippen MR) is 101 cm³/mol. The van der Waals surface area contributed by atoms with Crippen LogP contribution in [0.3, 0.4) is 0 Å². The topological polar surface area (TPSA) is 54.5 Å². The first-order valence-electron chi connectivity index (χ1n) is 10.1. The van der Waals surface area contributed by atoms with Crippen LogP contribution < -0.4 is 5.32 Å². The Labute approximate surface area is 156 Å². The Kier molecular flexibility index (Phi) is 5.28. The van der Waals surface area contributed by atoms with Crippen molar-refractivity contribution >= 4 is 5.91 Å². The fourth-order valence-corrected chi connectivity index (χ4v) is 4.70. The summed E-state index contributed by atoms with van der Waals surface area (Å²) in [7, 11) is 0. The Morgan fingerprint density at radius 1 is 1.27 bits per heavy atom. The van der Waals surface area contributed by atoms with Gasteiger partial charge in [0.25, 0.3) is 0 Å². The van der Waals surface area contributed by atoms with Gasteiger partial charge in [-0.05, 0) is 62.5 Å². The zero-order chi connectivity index (χ0) is 18.1. The highest BCUT2D eigenvalue weighted by molar-refractivity contribution is 5.73. The van der Waals surface area contributed by atoms with Gasteiger partial charge < -0.3 is 10.1 Å². The summed E-state index contributed by atoms with van der Waals surface area (Å²) in [6, 6.07) is 6.43. The van der Waals surface area contributed by atoms with Crippen LogP contribution >= 0.6 is 0 Å². The standard InChI is InChI=1S/C21H31N3O2/c1-14-4-3-5-19(22-14)12-24-10-17-8-20(23-15(2)25)21(9-18(17)11-24)26-13-16-6-7-16/h3-5,16-18,20-21H,6-13H2,1-2H3,(H,23,25)/t17-,18+,20-,21-/m1/s1. The normalized spacial score (nSPS) is 31.6. The number of likely N-dealkylation sites (tertiary alicyclic amines) is 1. The molecule has 3 aliphatic rings. The number of pyridine rings is 1. The molecule has 5 nitrogen and oxygen atoms in total. The van der Waals surface area contributed by atoms with Gasteiger partial charge in [0.05, 0.1) is 17.8 Å². The van der Waals surface area contributed by atoms with E-state index < -0.39 is 0 Å². The van der Waals surface area contributed by atoms with E-state index in [2.05, 4.69) is 27.3 Å². The van der Waals surface area contributed by atoms with Crippen molar-refractivity contribution in [3.8, 4) is 0 Å². The molecule has 1 N–H and O–H groups in total. The third kappa shape index (κ3) is 4.44. The molecule has 0 spiro atoms. The van der Waals surface area contributed by atoms with Gasteiger partial charge in [0, 0.05) is 38.9 Å². The van der Waals surface area contributed by atoms with E-state index in [1.165, 1.54) is 12.8 Å². The fourth-order valence-electron chi connectivity index (χ4n) is 4.70. The number of fused-ring (bicyclic) bond motifs is 1. The minimum Gasteiger partial charge on any atom is -0.376 e. The number of rotatable bonds is 6. The van der Waals surface area contributed by atoms with Crippen molar-refractivity contribution in [2.24, 2.45) is 17.8 Å². The number of carbonyl (C=O) groups is 1. The van der Waals surface area contributed by atoms with Crippen LogP contribution in [-0.2, 0) is 16.1 Å². The van der Waals surface area contributed by atoms with E-state index in [1.807, 2.05) is 13.0 Å². The van der Waals surface area contributed by atoms with Crippen molar-refractivity contribution in [3.63, 3.8) is 0 Å². The molecule has 0 bridgehead atoms. The molecule has 3 fully saturated rings. The van der Waals surface area contributed by atoms with E-state index in [0.29, 0.717) is 11.8 Å². The second-order valence-corrected chi connectivity index (χ2v) is 8.58. The van der Waals surface area contributed by atoms with Gasteiger partial charge in [-0.2, -0.15) is 0 Å². The highest BCUT2D eigenvalue weighted by atomic mass is 16.5. The Hall–Kier alpha value is -1.46. The average molecular weight is 357 g/mol. The molecule has 0 radical (unpaired) electrons. The number of nitrogens with zero attached hydrogens (tertiary/aromatic N) is 2. The Balaban J connectivity index is 1.38. The molecule has 4 atom stereocenters. The summed E-state index contributed by atoms with van der Waals surface area (Å²) in [6.07, 6.45) is 4.90. The van der Waals surface area contributed by atoms with Crippen molar-refractivity contribution in [1.82, 2.24) is 15.2 Å². The lowest BCUT2D eigenvalue weighted by atomic mass is 9.77.